The molecule has 1 saturated heterocycles. The number of aryl methyl sites for hydroxylation is 1. The Labute approximate surface area is 176 Å². The highest BCUT2D eigenvalue weighted by Gasteiger charge is 2.26. The minimum Gasteiger partial charge on any atom is -0.495 e. The number of benzene rings is 2. The van der Waals surface area contributed by atoms with Crippen LogP contribution in [-0.4, -0.2) is 36.1 Å². The molecule has 0 spiro atoms. The molecule has 0 bridgehead atoms. The second-order valence-electron chi connectivity index (χ2n) is 7.59. The Balaban J connectivity index is 1.35. The number of nitrogens with zero attached hydrogens (tertiary/aromatic N) is 3. The molecular weight excluding hydrogens is 376 g/mol. The number of hydrogen-bond donors (Lipinski definition) is 1. The second kappa shape index (κ2) is 8.95. The van der Waals surface area contributed by atoms with Crippen molar-refractivity contribution in [2.24, 2.45) is 5.92 Å². The summed E-state index contributed by atoms with van der Waals surface area (Å²) in [6.07, 6.45) is 5.28. The molecule has 0 atom stereocenters. The summed E-state index contributed by atoms with van der Waals surface area (Å²) in [6, 6.07) is 15.8. The van der Waals surface area contributed by atoms with Crippen molar-refractivity contribution in [1.29, 1.82) is 0 Å². The molecule has 0 saturated carbocycles. The lowest BCUT2D eigenvalue weighted by Gasteiger charge is -2.31. The number of nitrogens with one attached hydrogen (secondary N) is 1. The molecule has 0 aliphatic carbocycles. The maximum absolute atomic E-state index is 12.7. The normalized spacial score (nSPS) is 14.4. The van der Waals surface area contributed by atoms with Crippen LogP contribution in [-0.2, 0) is 4.79 Å². The molecule has 2 aromatic carbocycles. The summed E-state index contributed by atoms with van der Waals surface area (Å²) < 4.78 is 5.32. The molecule has 1 amide bonds. The number of methoxy groups -OCH3 is 1. The van der Waals surface area contributed by atoms with Gasteiger partial charge in [0.15, 0.2) is 0 Å². The maximum Gasteiger partial charge on any atom is 0.227 e. The molecule has 2 heterocycles. The van der Waals surface area contributed by atoms with Gasteiger partial charge in [0.25, 0.3) is 0 Å². The SMILES string of the molecule is COc1ccccc1NC(=O)C1CCN(c2ncc(-c3cccc(C)c3)cn2)CC1. The molecule has 30 heavy (non-hydrogen) atoms. The molecule has 1 aromatic heterocycles. The molecule has 4 rings (SSSR count). The Morgan fingerprint density at radius 3 is 2.47 bits per heavy atom. The Kier molecular flexibility index (Phi) is 5.93. The van der Waals surface area contributed by atoms with Crippen LogP contribution in [0.3, 0.4) is 0 Å². The van der Waals surface area contributed by atoms with Crippen LogP contribution in [0.25, 0.3) is 11.1 Å². The van der Waals surface area contributed by atoms with Gasteiger partial charge in [-0.15, -0.1) is 0 Å². The van der Waals surface area contributed by atoms with Crippen LogP contribution in [0.5, 0.6) is 5.75 Å². The van der Waals surface area contributed by atoms with E-state index in [4.69, 9.17) is 4.74 Å². The van der Waals surface area contributed by atoms with E-state index < -0.39 is 0 Å². The number of carbonyl (C=O) groups excluding carboxylic acids is 1. The first kappa shape index (κ1) is 19.9. The maximum atomic E-state index is 12.7. The summed E-state index contributed by atoms with van der Waals surface area (Å²) in [6.45, 7) is 3.59. The van der Waals surface area contributed by atoms with Crippen LogP contribution >= 0.6 is 0 Å². The summed E-state index contributed by atoms with van der Waals surface area (Å²) >= 11 is 0. The highest BCUT2D eigenvalue weighted by molar-refractivity contribution is 5.94. The third-order valence-corrected chi connectivity index (χ3v) is 5.50. The zero-order valence-electron chi connectivity index (χ0n) is 17.3. The van der Waals surface area contributed by atoms with E-state index in [-0.39, 0.29) is 11.8 Å². The van der Waals surface area contributed by atoms with Crippen LogP contribution in [0, 0.1) is 12.8 Å². The monoisotopic (exact) mass is 402 g/mol. The average Bonchev–Trinajstić information content (AvgIpc) is 2.79. The minimum atomic E-state index is -0.0299. The molecule has 6 heteroatoms. The van der Waals surface area contributed by atoms with Crippen LogP contribution < -0.4 is 15.0 Å². The lowest BCUT2D eigenvalue weighted by atomic mass is 9.96. The average molecular weight is 402 g/mol. The van der Waals surface area contributed by atoms with E-state index in [0.29, 0.717) is 11.4 Å². The largest absolute Gasteiger partial charge is 0.495 e. The fourth-order valence-corrected chi connectivity index (χ4v) is 3.78. The van der Waals surface area contributed by atoms with Gasteiger partial charge in [-0.05, 0) is 37.5 Å². The van der Waals surface area contributed by atoms with E-state index in [1.807, 2.05) is 42.7 Å². The predicted octanol–water partition coefficient (Wildman–Crippen LogP) is 4.32. The third kappa shape index (κ3) is 4.43. The van der Waals surface area contributed by atoms with Crippen molar-refractivity contribution < 1.29 is 9.53 Å². The molecule has 1 aliphatic heterocycles. The van der Waals surface area contributed by atoms with Gasteiger partial charge in [0.1, 0.15) is 5.75 Å². The Bertz CT molecular complexity index is 1010. The number of hydrogen-bond acceptors (Lipinski definition) is 5. The quantitative estimate of drug-likeness (QED) is 0.689. The van der Waals surface area contributed by atoms with Gasteiger partial charge in [0, 0.05) is 37.0 Å². The van der Waals surface area contributed by atoms with Gasteiger partial charge in [0.2, 0.25) is 11.9 Å². The van der Waals surface area contributed by atoms with Crippen molar-refractivity contribution in [1.82, 2.24) is 9.97 Å². The molecule has 1 aliphatic rings. The Morgan fingerprint density at radius 1 is 1.03 bits per heavy atom. The number of para-hydroxylation sites is 2. The minimum absolute atomic E-state index is 0.0299. The number of piperidine rings is 1. The fraction of sp³-hybridized carbons (Fsp3) is 0.292. The van der Waals surface area contributed by atoms with E-state index in [1.165, 1.54) is 5.56 Å². The van der Waals surface area contributed by atoms with Crippen molar-refractivity contribution in [2.75, 3.05) is 30.4 Å². The second-order valence-corrected chi connectivity index (χ2v) is 7.59. The number of carbonyl (C=O) groups is 1. The smallest absolute Gasteiger partial charge is 0.227 e. The van der Waals surface area contributed by atoms with Gasteiger partial charge in [-0.2, -0.15) is 0 Å². The van der Waals surface area contributed by atoms with Gasteiger partial charge in [-0.25, -0.2) is 9.97 Å². The number of amides is 1. The van der Waals surface area contributed by atoms with Crippen LogP contribution in [0.2, 0.25) is 0 Å². The standard InChI is InChI=1S/C24H26N4O2/c1-17-6-5-7-19(14-17)20-15-25-24(26-16-20)28-12-10-18(11-13-28)23(29)27-21-8-3-4-9-22(21)30-2/h3-9,14-16,18H,10-13H2,1-2H3,(H,27,29). The van der Waals surface area contributed by atoms with Crippen LogP contribution in [0.1, 0.15) is 18.4 Å². The molecule has 1 fully saturated rings. The van der Waals surface area contributed by atoms with Crippen LogP contribution in [0.15, 0.2) is 60.9 Å². The highest BCUT2D eigenvalue weighted by Crippen LogP contribution is 2.27. The Hall–Kier alpha value is -3.41. The van der Waals surface area contributed by atoms with Crippen molar-refractivity contribution in [3.05, 3.63) is 66.5 Å². The van der Waals surface area contributed by atoms with Gasteiger partial charge in [-0.3, -0.25) is 4.79 Å². The molecule has 0 unspecified atom stereocenters. The summed E-state index contributed by atoms with van der Waals surface area (Å²) in [4.78, 5) is 24.0. The first-order chi connectivity index (χ1) is 14.6. The van der Waals surface area contributed by atoms with Crippen molar-refractivity contribution in [3.63, 3.8) is 0 Å². The molecule has 1 N–H and O–H groups in total. The lowest BCUT2D eigenvalue weighted by Crippen LogP contribution is -2.39. The topological polar surface area (TPSA) is 67.3 Å². The zero-order valence-corrected chi connectivity index (χ0v) is 17.3. The lowest BCUT2D eigenvalue weighted by molar-refractivity contribution is -0.120. The third-order valence-electron chi connectivity index (χ3n) is 5.50. The van der Waals surface area contributed by atoms with Gasteiger partial charge < -0.3 is 15.0 Å². The molecule has 154 valence electrons. The number of aromatic nitrogens is 2. The summed E-state index contributed by atoms with van der Waals surface area (Å²) in [5, 5.41) is 3.00. The van der Waals surface area contributed by atoms with E-state index in [0.717, 1.165) is 43.0 Å². The van der Waals surface area contributed by atoms with Crippen molar-refractivity contribution >= 4 is 17.5 Å². The number of ether oxygens (including phenoxy) is 1. The fourth-order valence-electron chi connectivity index (χ4n) is 3.78. The van der Waals surface area contributed by atoms with Crippen LogP contribution in [0.4, 0.5) is 11.6 Å². The first-order valence-corrected chi connectivity index (χ1v) is 10.2. The molecule has 6 nitrogen and oxygen atoms in total. The molecule has 0 radical (unpaired) electrons. The van der Waals surface area contributed by atoms with E-state index in [2.05, 4.69) is 45.3 Å². The van der Waals surface area contributed by atoms with E-state index in [1.54, 1.807) is 7.11 Å². The summed E-state index contributed by atoms with van der Waals surface area (Å²) in [7, 11) is 1.60. The van der Waals surface area contributed by atoms with E-state index >= 15 is 0 Å². The summed E-state index contributed by atoms with van der Waals surface area (Å²) in [5.74, 6) is 1.40. The predicted molar refractivity (Wildman–Crippen MR) is 119 cm³/mol. The Morgan fingerprint density at radius 2 is 1.77 bits per heavy atom. The highest BCUT2D eigenvalue weighted by atomic mass is 16.5. The number of rotatable bonds is 5. The van der Waals surface area contributed by atoms with Crippen molar-refractivity contribution in [3.8, 4) is 16.9 Å². The van der Waals surface area contributed by atoms with Crippen molar-refractivity contribution in [2.45, 2.75) is 19.8 Å². The van der Waals surface area contributed by atoms with Gasteiger partial charge in [-0.1, -0.05) is 42.0 Å². The molecular formula is C24H26N4O2. The zero-order chi connectivity index (χ0) is 20.9. The van der Waals surface area contributed by atoms with Gasteiger partial charge >= 0.3 is 0 Å². The molecule has 3 aromatic rings. The number of anilines is 2. The summed E-state index contributed by atoms with van der Waals surface area (Å²) in [5.41, 5.74) is 4.05. The first-order valence-electron chi connectivity index (χ1n) is 10.2. The van der Waals surface area contributed by atoms with Gasteiger partial charge in [0.05, 0.1) is 12.8 Å². The van der Waals surface area contributed by atoms with E-state index in [9.17, 15) is 4.79 Å².